The Kier molecular flexibility index (Phi) is 5.02. The van der Waals surface area contributed by atoms with Gasteiger partial charge in [-0.2, -0.15) is 0 Å². The van der Waals surface area contributed by atoms with E-state index < -0.39 is 0 Å². The molecule has 0 spiro atoms. The molecule has 1 aliphatic heterocycles. The smallest absolute Gasteiger partial charge is 0.253 e. The van der Waals surface area contributed by atoms with Crippen LogP contribution in [0.5, 0.6) is 0 Å². The molecule has 0 unspecified atom stereocenters. The zero-order valence-corrected chi connectivity index (χ0v) is 15.1. The number of rotatable bonds is 4. The summed E-state index contributed by atoms with van der Waals surface area (Å²) in [5.74, 6) is 1.06. The highest BCUT2D eigenvalue weighted by Crippen LogP contribution is 2.28. The zero-order valence-electron chi connectivity index (χ0n) is 11.9. The summed E-state index contributed by atoms with van der Waals surface area (Å²) in [6.07, 6.45) is 4.91. The van der Waals surface area contributed by atoms with E-state index in [4.69, 9.17) is 0 Å². The Morgan fingerprint density at radius 1 is 1.10 bits per heavy atom. The molecular weight excluding hydrogens is 396 g/mol. The van der Waals surface area contributed by atoms with Gasteiger partial charge in [0.15, 0.2) is 0 Å². The number of hydrogen-bond donors (Lipinski definition) is 1. The first-order valence-corrected chi connectivity index (χ1v) is 9.19. The van der Waals surface area contributed by atoms with E-state index in [0.29, 0.717) is 6.04 Å². The van der Waals surface area contributed by atoms with E-state index in [-0.39, 0.29) is 5.91 Å². The number of nitrogens with zero attached hydrogens (tertiary/aromatic N) is 1. The molecule has 3 nitrogen and oxygen atoms in total. The molecule has 0 bridgehead atoms. The van der Waals surface area contributed by atoms with E-state index in [2.05, 4.69) is 37.2 Å². The van der Waals surface area contributed by atoms with Crippen LogP contribution in [0.15, 0.2) is 27.1 Å². The van der Waals surface area contributed by atoms with E-state index in [1.165, 1.54) is 12.8 Å². The lowest BCUT2D eigenvalue weighted by molar-refractivity contribution is 0.0705. The highest BCUT2D eigenvalue weighted by molar-refractivity contribution is 9.11. The lowest BCUT2D eigenvalue weighted by atomic mass is 10.0. The van der Waals surface area contributed by atoms with Crippen molar-refractivity contribution in [2.45, 2.75) is 31.7 Å². The Labute approximate surface area is 142 Å². The van der Waals surface area contributed by atoms with Crippen LogP contribution >= 0.6 is 31.9 Å². The van der Waals surface area contributed by atoms with Crippen molar-refractivity contribution in [3.8, 4) is 0 Å². The molecule has 1 saturated heterocycles. The predicted molar refractivity (Wildman–Crippen MR) is 91.5 cm³/mol. The van der Waals surface area contributed by atoms with Crippen molar-refractivity contribution in [2.24, 2.45) is 5.92 Å². The summed E-state index contributed by atoms with van der Waals surface area (Å²) in [5.41, 5.74) is 0.751. The van der Waals surface area contributed by atoms with Crippen LogP contribution in [0, 0.1) is 5.92 Å². The molecule has 1 amide bonds. The van der Waals surface area contributed by atoms with Crippen molar-refractivity contribution in [3.63, 3.8) is 0 Å². The van der Waals surface area contributed by atoms with Gasteiger partial charge in [0.05, 0.1) is 0 Å². The maximum atomic E-state index is 12.6. The van der Waals surface area contributed by atoms with Crippen LogP contribution in [0.3, 0.4) is 0 Å². The number of piperidine rings is 1. The fraction of sp³-hybridized carbons (Fsp3) is 0.562. The number of halogens is 2. The number of hydrogen-bond acceptors (Lipinski definition) is 2. The van der Waals surface area contributed by atoms with E-state index in [9.17, 15) is 4.79 Å². The van der Waals surface area contributed by atoms with Crippen LogP contribution < -0.4 is 5.32 Å². The second kappa shape index (κ2) is 6.80. The Morgan fingerprint density at radius 2 is 1.71 bits per heavy atom. The number of carbonyl (C=O) groups is 1. The Morgan fingerprint density at radius 3 is 2.29 bits per heavy atom. The van der Waals surface area contributed by atoms with Gasteiger partial charge in [-0.25, -0.2) is 0 Å². The van der Waals surface area contributed by atoms with Crippen molar-refractivity contribution in [1.82, 2.24) is 10.2 Å². The van der Waals surface area contributed by atoms with Crippen LogP contribution in [-0.4, -0.2) is 36.5 Å². The maximum absolute atomic E-state index is 12.6. The van der Waals surface area contributed by atoms with Gasteiger partial charge in [0.1, 0.15) is 0 Å². The van der Waals surface area contributed by atoms with Gasteiger partial charge in [0, 0.05) is 33.6 Å². The van der Waals surface area contributed by atoms with Crippen LogP contribution in [0.4, 0.5) is 0 Å². The summed E-state index contributed by atoms with van der Waals surface area (Å²) in [6, 6.07) is 6.32. The predicted octanol–water partition coefficient (Wildman–Crippen LogP) is 3.82. The Balaban J connectivity index is 1.54. The molecule has 1 heterocycles. The molecule has 5 heteroatoms. The third-order valence-corrected chi connectivity index (χ3v) is 5.20. The molecule has 3 rings (SSSR count). The van der Waals surface area contributed by atoms with Gasteiger partial charge in [0.25, 0.3) is 5.91 Å². The monoisotopic (exact) mass is 414 g/mol. The Bertz CT molecular complexity index is 503. The first kappa shape index (κ1) is 15.5. The molecule has 2 fully saturated rings. The van der Waals surface area contributed by atoms with Gasteiger partial charge in [-0.1, -0.05) is 31.9 Å². The highest BCUT2D eigenvalue weighted by Gasteiger charge is 2.26. The number of benzene rings is 1. The second-order valence-electron chi connectivity index (χ2n) is 6.08. The Hall–Kier alpha value is -0.390. The van der Waals surface area contributed by atoms with E-state index in [0.717, 1.165) is 52.9 Å². The van der Waals surface area contributed by atoms with Crippen LogP contribution in [0.1, 0.15) is 36.0 Å². The average molecular weight is 416 g/mol. The van der Waals surface area contributed by atoms with Crippen molar-refractivity contribution in [2.75, 3.05) is 19.6 Å². The largest absolute Gasteiger partial charge is 0.339 e. The molecule has 0 aromatic heterocycles. The minimum Gasteiger partial charge on any atom is -0.339 e. The van der Waals surface area contributed by atoms with Crippen molar-refractivity contribution < 1.29 is 4.79 Å². The molecule has 0 atom stereocenters. The lowest BCUT2D eigenvalue weighted by Crippen LogP contribution is -2.45. The summed E-state index contributed by atoms with van der Waals surface area (Å²) in [5, 5.41) is 3.65. The second-order valence-corrected chi connectivity index (χ2v) is 7.91. The van der Waals surface area contributed by atoms with Crippen LogP contribution in [-0.2, 0) is 0 Å². The van der Waals surface area contributed by atoms with Crippen molar-refractivity contribution >= 4 is 37.8 Å². The molecule has 21 heavy (non-hydrogen) atoms. The third kappa shape index (κ3) is 4.30. The fourth-order valence-electron chi connectivity index (χ4n) is 2.80. The van der Waals surface area contributed by atoms with E-state index in [1.54, 1.807) is 0 Å². The standard InChI is InChI=1S/C16H20Br2N2O/c17-13-7-12(8-14(18)9-13)16(21)20-5-3-15(4-6-20)19-10-11-1-2-11/h7-9,11,15,19H,1-6,10H2. The van der Waals surface area contributed by atoms with Gasteiger partial charge < -0.3 is 10.2 Å². The highest BCUT2D eigenvalue weighted by atomic mass is 79.9. The van der Waals surface area contributed by atoms with Gasteiger partial charge >= 0.3 is 0 Å². The third-order valence-electron chi connectivity index (χ3n) is 4.28. The van der Waals surface area contributed by atoms with Gasteiger partial charge in [-0.3, -0.25) is 4.79 Å². The number of likely N-dealkylation sites (tertiary alicyclic amines) is 1. The molecule has 1 aromatic rings. The number of carbonyl (C=O) groups excluding carboxylic acids is 1. The van der Waals surface area contributed by atoms with Gasteiger partial charge in [0.2, 0.25) is 0 Å². The number of amides is 1. The molecular formula is C16H20Br2N2O. The zero-order chi connectivity index (χ0) is 14.8. The average Bonchev–Trinajstić information content (AvgIpc) is 3.28. The minimum atomic E-state index is 0.137. The normalized spacial score (nSPS) is 19.8. The van der Waals surface area contributed by atoms with E-state index >= 15 is 0 Å². The van der Waals surface area contributed by atoms with Gasteiger partial charge in [-0.15, -0.1) is 0 Å². The first-order chi connectivity index (χ1) is 10.1. The summed E-state index contributed by atoms with van der Waals surface area (Å²) in [4.78, 5) is 14.5. The van der Waals surface area contributed by atoms with Crippen LogP contribution in [0.2, 0.25) is 0 Å². The van der Waals surface area contributed by atoms with Gasteiger partial charge in [-0.05, 0) is 56.3 Å². The molecule has 1 aromatic carbocycles. The number of nitrogens with one attached hydrogen (secondary N) is 1. The summed E-state index contributed by atoms with van der Waals surface area (Å²) in [6.45, 7) is 2.87. The van der Waals surface area contributed by atoms with E-state index in [1.807, 2.05) is 23.1 Å². The summed E-state index contributed by atoms with van der Waals surface area (Å²) < 4.78 is 1.86. The molecule has 1 N–H and O–H groups in total. The van der Waals surface area contributed by atoms with Crippen molar-refractivity contribution in [1.29, 1.82) is 0 Å². The molecule has 2 aliphatic rings. The quantitative estimate of drug-likeness (QED) is 0.810. The topological polar surface area (TPSA) is 32.3 Å². The minimum absolute atomic E-state index is 0.137. The molecule has 0 radical (unpaired) electrons. The molecule has 1 saturated carbocycles. The summed E-state index contributed by atoms with van der Waals surface area (Å²) in [7, 11) is 0. The van der Waals surface area contributed by atoms with Crippen molar-refractivity contribution in [3.05, 3.63) is 32.7 Å². The summed E-state index contributed by atoms with van der Waals surface area (Å²) >= 11 is 6.89. The SMILES string of the molecule is O=C(c1cc(Br)cc(Br)c1)N1CCC(NCC2CC2)CC1. The lowest BCUT2D eigenvalue weighted by Gasteiger charge is -2.32. The fourth-order valence-corrected chi connectivity index (χ4v) is 4.10. The molecule has 1 aliphatic carbocycles. The maximum Gasteiger partial charge on any atom is 0.253 e. The van der Waals surface area contributed by atoms with Crippen LogP contribution in [0.25, 0.3) is 0 Å². The molecule has 114 valence electrons. The first-order valence-electron chi connectivity index (χ1n) is 7.60.